The van der Waals surface area contributed by atoms with Gasteiger partial charge in [0.2, 0.25) is 0 Å². The average molecular weight is 247 g/mol. The second kappa shape index (κ2) is 7.00. The van der Waals surface area contributed by atoms with Crippen molar-refractivity contribution in [1.82, 2.24) is 0 Å². The van der Waals surface area contributed by atoms with E-state index in [1.165, 1.54) is 0 Å². The summed E-state index contributed by atoms with van der Waals surface area (Å²) in [5.74, 6) is 2.28. The Morgan fingerprint density at radius 3 is 1.90 bits per heavy atom. The summed E-state index contributed by atoms with van der Waals surface area (Å²) in [6, 6.07) is 9.37. The first-order valence-corrected chi connectivity index (χ1v) is 2.41. The third kappa shape index (κ3) is 3.82. The fraction of sp³-hybridized carbons (Fsp3) is 0. The van der Waals surface area contributed by atoms with Gasteiger partial charge in [-0.3, -0.25) is 5.92 Å². The van der Waals surface area contributed by atoms with Crippen molar-refractivity contribution in [3.05, 3.63) is 42.3 Å². The van der Waals surface area contributed by atoms with Gasteiger partial charge >= 0.3 is 0 Å². The Morgan fingerprint density at radius 1 is 1.10 bits per heavy atom. The van der Waals surface area contributed by atoms with Crippen molar-refractivity contribution < 1.29 is 19.5 Å². The van der Waals surface area contributed by atoms with E-state index in [2.05, 4.69) is 5.92 Å². The third-order valence-corrected chi connectivity index (χ3v) is 0.918. The van der Waals surface area contributed by atoms with Crippen LogP contribution in [0, 0.1) is 12.3 Å². The molecule has 0 aliphatic rings. The third-order valence-electron chi connectivity index (χ3n) is 0.918. The van der Waals surface area contributed by atoms with Gasteiger partial charge in [-0.2, -0.15) is 0 Å². The van der Waals surface area contributed by atoms with Gasteiger partial charge in [-0.1, -0.05) is 18.2 Å². The molecule has 0 aliphatic carbocycles. The van der Waals surface area contributed by atoms with Gasteiger partial charge in [0.25, 0.3) is 0 Å². The Kier molecular flexibility index (Phi) is 8.78. The van der Waals surface area contributed by atoms with Gasteiger partial charge in [-0.05, 0) is 0 Å². The molecule has 1 rings (SSSR count). The number of hydrogen-bond acceptors (Lipinski definition) is 0. The minimum atomic E-state index is 0. The van der Waals surface area contributed by atoms with Crippen LogP contribution >= 0.6 is 17.0 Å². The van der Waals surface area contributed by atoms with Crippen molar-refractivity contribution in [2.24, 2.45) is 0 Å². The van der Waals surface area contributed by atoms with E-state index in [0.29, 0.717) is 0 Å². The number of rotatable bonds is 0. The monoisotopic (exact) mass is 245 g/mol. The molecule has 0 aliphatic heterocycles. The molecular weight excluding hydrogens is 241 g/mol. The van der Waals surface area contributed by atoms with Gasteiger partial charge in [0.05, 0.1) is 0 Å². The SMILES string of the molecule is Br.[C-]#Cc1ccccc1.[Zn]. The molecule has 0 aromatic heterocycles. The van der Waals surface area contributed by atoms with Crippen LogP contribution in [0.5, 0.6) is 0 Å². The zero-order chi connectivity index (χ0) is 5.82. The Hall–Kier alpha value is -0.117. The molecule has 0 fully saturated rings. The topological polar surface area (TPSA) is 0 Å². The summed E-state index contributed by atoms with van der Waals surface area (Å²) in [7, 11) is 0. The van der Waals surface area contributed by atoms with Crippen molar-refractivity contribution in [3.8, 4) is 5.92 Å². The number of halogens is 1. The van der Waals surface area contributed by atoms with Crippen LogP contribution < -0.4 is 0 Å². The summed E-state index contributed by atoms with van der Waals surface area (Å²) in [5.41, 5.74) is 0.826. The van der Waals surface area contributed by atoms with Gasteiger partial charge in [0.1, 0.15) is 0 Å². The van der Waals surface area contributed by atoms with Crippen molar-refractivity contribution in [1.29, 1.82) is 0 Å². The summed E-state index contributed by atoms with van der Waals surface area (Å²) in [4.78, 5) is 0. The molecule has 0 nitrogen and oxygen atoms in total. The number of hydrogen-bond donors (Lipinski definition) is 0. The molecule has 0 atom stereocenters. The molecule has 0 amide bonds. The Balaban J connectivity index is 0. The molecule has 2 heteroatoms. The quantitative estimate of drug-likeness (QED) is 0.374. The maximum absolute atomic E-state index is 6.69. The van der Waals surface area contributed by atoms with E-state index in [4.69, 9.17) is 6.42 Å². The molecule has 48 valence electrons. The second-order valence-corrected chi connectivity index (χ2v) is 1.49. The summed E-state index contributed by atoms with van der Waals surface area (Å²) in [5, 5.41) is 0. The van der Waals surface area contributed by atoms with Gasteiger partial charge in [0, 0.05) is 19.5 Å². The van der Waals surface area contributed by atoms with E-state index in [1.54, 1.807) is 0 Å². The van der Waals surface area contributed by atoms with Crippen molar-refractivity contribution in [2.75, 3.05) is 0 Å². The van der Waals surface area contributed by atoms with Crippen LogP contribution in [0.25, 0.3) is 0 Å². The van der Waals surface area contributed by atoms with Crippen LogP contribution in [0.1, 0.15) is 5.56 Å². The normalized spacial score (nSPS) is 6.30. The predicted molar refractivity (Wildman–Crippen MR) is 43.0 cm³/mol. The van der Waals surface area contributed by atoms with Crippen LogP contribution in [0.3, 0.4) is 0 Å². The van der Waals surface area contributed by atoms with E-state index in [9.17, 15) is 0 Å². The van der Waals surface area contributed by atoms with E-state index in [1.807, 2.05) is 30.3 Å². The molecule has 0 radical (unpaired) electrons. The first-order valence-electron chi connectivity index (χ1n) is 2.41. The second-order valence-electron chi connectivity index (χ2n) is 1.49. The Labute approximate surface area is 84.6 Å². The zero-order valence-electron chi connectivity index (χ0n) is 5.50. The van der Waals surface area contributed by atoms with E-state index in [0.717, 1.165) is 5.56 Å². The average Bonchev–Trinajstić information content (AvgIpc) is 1.90. The maximum Gasteiger partial charge on any atom is 0 e. The van der Waals surface area contributed by atoms with Crippen molar-refractivity contribution in [3.63, 3.8) is 0 Å². The summed E-state index contributed by atoms with van der Waals surface area (Å²) >= 11 is 0. The molecule has 0 spiro atoms. The van der Waals surface area contributed by atoms with Crippen LogP contribution in [0.15, 0.2) is 30.3 Å². The largest absolute Gasteiger partial charge is 0.366 e. The van der Waals surface area contributed by atoms with E-state index in [-0.39, 0.29) is 36.5 Å². The molecule has 0 bridgehead atoms. The van der Waals surface area contributed by atoms with Crippen LogP contribution in [-0.4, -0.2) is 0 Å². The first-order chi connectivity index (χ1) is 3.93. The van der Waals surface area contributed by atoms with Crippen LogP contribution in [0.4, 0.5) is 0 Å². The van der Waals surface area contributed by atoms with Crippen LogP contribution in [0.2, 0.25) is 0 Å². The fourth-order valence-electron chi connectivity index (χ4n) is 0.521. The van der Waals surface area contributed by atoms with E-state index < -0.39 is 0 Å². The molecule has 1 aromatic rings. The van der Waals surface area contributed by atoms with E-state index >= 15 is 0 Å². The standard InChI is InChI=1S/C8H5.BrH.Zn/c1-2-8-6-4-3-5-7-8;;/h3-7H;1H;/q-1;;. The molecule has 1 aromatic carbocycles. The van der Waals surface area contributed by atoms with Gasteiger partial charge < -0.3 is 6.42 Å². The molecule has 0 heterocycles. The number of benzene rings is 1. The van der Waals surface area contributed by atoms with Gasteiger partial charge in [-0.15, -0.1) is 34.7 Å². The maximum atomic E-state index is 6.69. The summed E-state index contributed by atoms with van der Waals surface area (Å²) in [6.07, 6.45) is 6.69. The molecule has 0 saturated heterocycles. The minimum Gasteiger partial charge on any atom is -0.366 e. The zero-order valence-corrected chi connectivity index (χ0v) is 10.2. The Bertz CT molecular complexity index is 200. The Morgan fingerprint density at radius 2 is 1.60 bits per heavy atom. The van der Waals surface area contributed by atoms with Gasteiger partial charge in [-0.25, -0.2) is 0 Å². The van der Waals surface area contributed by atoms with Crippen molar-refractivity contribution in [2.45, 2.75) is 0 Å². The minimum absolute atomic E-state index is 0. The van der Waals surface area contributed by atoms with Gasteiger partial charge in [0.15, 0.2) is 0 Å². The predicted octanol–water partition coefficient (Wildman–Crippen LogP) is 2.20. The molecule has 0 saturated carbocycles. The molecule has 10 heavy (non-hydrogen) atoms. The summed E-state index contributed by atoms with van der Waals surface area (Å²) < 4.78 is 0. The van der Waals surface area contributed by atoms with Crippen LogP contribution in [-0.2, 0) is 19.5 Å². The molecular formula is C8H6BrZn-. The fourth-order valence-corrected chi connectivity index (χ4v) is 0.521. The smallest absolute Gasteiger partial charge is 0 e. The molecule has 0 N–H and O–H groups in total. The summed E-state index contributed by atoms with van der Waals surface area (Å²) in [6.45, 7) is 0. The molecule has 0 unspecified atom stereocenters. The first kappa shape index (κ1) is 12.5. The van der Waals surface area contributed by atoms with Crippen molar-refractivity contribution >= 4 is 17.0 Å².